The number of amides is 1. The van der Waals surface area contributed by atoms with Gasteiger partial charge in [-0.25, -0.2) is 4.68 Å². The highest BCUT2D eigenvalue weighted by atomic mass is 16.2. The standard InChI is InChI=1S/C23H26N4O/c1-16-14-20(17-8-6-5-7-9-17)27-22(24-15-25-27)26(16)21(28)18-10-12-19(13-11-18)23(2,3)4/h5-13,15-16,20H,14H2,1-4H3. The van der Waals surface area contributed by atoms with Crippen LogP contribution in [0.1, 0.15) is 61.6 Å². The molecule has 5 nitrogen and oxygen atoms in total. The summed E-state index contributed by atoms with van der Waals surface area (Å²) < 4.78 is 1.87. The fraction of sp³-hybridized carbons (Fsp3) is 0.348. The Kier molecular flexibility index (Phi) is 4.53. The van der Waals surface area contributed by atoms with E-state index >= 15 is 0 Å². The largest absolute Gasteiger partial charge is 0.274 e. The number of aromatic nitrogens is 3. The van der Waals surface area contributed by atoms with E-state index in [0.29, 0.717) is 11.5 Å². The average Bonchev–Trinajstić information content (AvgIpc) is 3.16. The molecule has 1 aromatic heterocycles. The molecule has 0 saturated carbocycles. The summed E-state index contributed by atoms with van der Waals surface area (Å²) in [7, 11) is 0. The van der Waals surface area contributed by atoms with Crippen molar-refractivity contribution in [2.75, 3.05) is 4.90 Å². The maximum absolute atomic E-state index is 13.3. The maximum Gasteiger partial charge on any atom is 0.260 e. The van der Waals surface area contributed by atoms with Gasteiger partial charge in [-0.2, -0.15) is 10.1 Å². The summed E-state index contributed by atoms with van der Waals surface area (Å²) in [6, 6.07) is 18.3. The first kappa shape index (κ1) is 18.4. The molecule has 2 heterocycles. The zero-order valence-corrected chi connectivity index (χ0v) is 16.8. The molecule has 0 N–H and O–H groups in total. The summed E-state index contributed by atoms with van der Waals surface area (Å²) in [5.74, 6) is 0.575. The van der Waals surface area contributed by atoms with E-state index in [-0.39, 0.29) is 23.4 Å². The molecule has 144 valence electrons. The van der Waals surface area contributed by atoms with Gasteiger partial charge in [-0.05, 0) is 42.0 Å². The van der Waals surface area contributed by atoms with Crippen LogP contribution in [0.25, 0.3) is 0 Å². The summed E-state index contributed by atoms with van der Waals surface area (Å²) in [4.78, 5) is 19.5. The van der Waals surface area contributed by atoms with Gasteiger partial charge in [0.1, 0.15) is 6.33 Å². The number of nitrogens with zero attached hydrogens (tertiary/aromatic N) is 4. The zero-order valence-electron chi connectivity index (χ0n) is 16.8. The molecule has 1 aliphatic heterocycles. The molecule has 5 heteroatoms. The lowest BCUT2D eigenvalue weighted by atomic mass is 9.86. The van der Waals surface area contributed by atoms with Crippen molar-refractivity contribution in [3.63, 3.8) is 0 Å². The third-order valence-electron chi connectivity index (χ3n) is 5.47. The van der Waals surface area contributed by atoms with Crippen LogP contribution in [0.5, 0.6) is 0 Å². The second-order valence-corrected chi connectivity index (χ2v) is 8.52. The number of anilines is 1. The Morgan fingerprint density at radius 1 is 1.04 bits per heavy atom. The Morgan fingerprint density at radius 3 is 2.36 bits per heavy atom. The monoisotopic (exact) mass is 374 g/mol. The van der Waals surface area contributed by atoms with Gasteiger partial charge in [0.15, 0.2) is 0 Å². The van der Waals surface area contributed by atoms with Crippen molar-refractivity contribution in [3.8, 4) is 0 Å². The van der Waals surface area contributed by atoms with Crippen molar-refractivity contribution < 1.29 is 4.79 Å². The van der Waals surface area contributed by atoms with E-state index in [1.807, 2.05) is 47.1 Å². The van der Waals surface area contributed by atoms with E-state index in [1.54, 1.807) is 4.90 Å². The van der Waals surface area contributed by atoms with Gasteiger partial charge in [-0.1, -0.05) is 63.2 Å². The summed E-state index contributed by atoms with van der Waals surface area (Å²) in [5.41, 5.74) is 3.13. The van der Waals surface area contributed by atoms with Gasteiger partial charge in [0, 0.05) is 11.6 Å². The molecule has 28 heavy (non-hydrogen) atoms. The molecule has 3 aromatic rings. The fourth-order valence-corrected chi connectivity index (χ4v) is 3.86. The molecular formula is C23H26N4O. The maximum atomic E-state index is 13.3. The van der Waals surface area contributed by atoms with Crippen LogP contribution in [0.3, 0.4) is 0 Å². The molecule has 0 spiro atoms. The second kappa shape index (κ2) is 6.89. The van der Waals surface area contributed by atoms with E-state index in [9.17, 15) is 4.79 Å². The molecule has 2 atom stereocenters. The van der Waals surface area contributed by atoms with E-state index in [2.05, 4.69) is 49.9 Å². The zero-order chi connectivity index (χ0) is 19.9. The quantitative estimate of drug-likeness (QED) is 0.658. The van der Waals surface area contributed by atoms with Crippen LogP contribution in [0.4, 0.5) is 5.95 Å². The lowest BCUT2D eigenvalue weighted by molar-refractivity contribution is 0.0966. The van der Waals surface area contributed by atoms with Crippen LogP contribution in [0, 0.1) is 0 Å². The van der Waals surface area contributed by atoms with Crippen LogP contribution in [-0.2, 0) is 5.41 Å². The van der Waals surface area contributed by atoms with Crippen molar-refractivity contribution >= 4 is 11.9 Å². The Hall–Kier alpha value is -2.95. The van der Waals surface area contributed by atoms with Crippen molar-refractivity contribution in [2.24, 2.45) is 0 Å². The van der Waals surface area contributed by atoms with Crippen LogP contribution < -0.4 is 4.90 Å². The number of carbonyl (C=O) groups is 1. The molecule has 0 bridgehead atoms. The fourth-order valence-electron chi connectivity index (χ4n) is 3.86. The number of fused-ring (bicyclic) bond motifs is 1. The summed E-state index contributed by atoms with van der Waals surface area (Å²) in [6.45, 7) is 8.59. The van der Waals surface area contributed by atoms with Gasteiger partial charge in [-0.15, -0.1) is 0 Å². The SMILES string of the molecule is CC1CC(c2ccccc2)n2ncnc2N1C(=O)c1ccc(C(C)(C)C)cc1. The minimum atomic E-state index is -0.0336. The highest BCUT2D eigenvalue weighted by Crippen LogP contribution is 2.35. The predicted molar refractivity (Wildman–Crippen MR) is 111 cm³/mol. The highest BCUT2D eigenvalue weighted by Gasteiger charge is 2.36. The normalized spacial score (nSPS) is 19.4. The molecule has 0 fully saturated rings. The number of benzene rings is 2. The number of hydrogen-bond acceptors (Lipinski definition) is 3. The smallest absolute Gasteiger partial charge is 0.260 e. The molecule has 2 unspecified atom stereocenters. The third kappa shape index (κ3) is 3.21. The van der Waals surface area contributed by atoms with Crippen molar-refractivity contribution in [2.45, 2.75) is 51.6 Å². The van der Waals surface area contributed by atoms with Gasteiger partial charge in [0.2, 0.25) is 5.95 Å². The number of hydrogen-bond donors (Lipinski definition) is 0. The number of carbonyl (C=O) groups excluding carboxylic acids is 1. The van der Waals surface area contributed by atoms with E-state index < -0.39 is 0 Å². The Balaban J connectivity index is 1.67. The van der Waals surface area contributed by atoms with Crippen LogP contribution in [-0.4, -0.2) is 26.7 Å². The van der Waals surface area contributed by atoms with Gasteiger partial charge in [-0.3, -0.25) is 9.69 Å². The first-order chi connectivity index (χ1) is 13.4. The van der Waals surface area contributed by atoms with Crippen molar-refractivity contribution in [1.29, 1.82) is 0 Å². The summed E-state index contributed by atoms with van der Waals surface area (Å²) >= 11 is 0. The molecular weight excluding hydrogens is 348 g/mol. The number of rotatable bonds is 2. The third-order valence-corrected chi connectivity index (χ3v) is 5.47. The van der Waals surface area contributed by atoms with Crippen LogP contribution in [0.2, 0.25) is 0 Å². The Bertz CT molecular complexity index is 970. The summed E-state index contributed by atoms with van der Waals surface area (Å²) in [6.07, 6.45) is 2.33. The molecule has 2 aromatic carbocycles. The topological polar surface area (TPSA) is 51.0 Å². The van der Waals surface area contributed by atoms with E-state index in [1.165, 1.54) is 17.5 Å². The first-order valence-corrected chi connectivity index (χ1v) is 9.75. The minimum Gasteiger partial charge on any atom is -0.274 e. The molecule has 0 aliphatic carbocycles. The van der Waals surface area contributed by atoms with Gasteiger partial charge in [0.25, 0.3) is 5.91 Å². The van der Waals surface area contributed by atoms with Gasteiger partial charge in [0.05, 0.1) is 6.04 Å². The average molecular weight is 374 g/mol. The van der Waals surface area contributed by atoms with Crippen molar-refractivity contribution in [1.82, 2.24) is 14.8 Å². The Labute approximate surface area is 166 Å². The van der Waals surface area contributed by atoms with E-state index in [0.717, 1.165) is 6.42 Å². The molecule has 1 amide bonds. The molecule has 4 rings (SSSR count). The highest BCUT2D eigenvalue weighted by molar-refractivity contribution is 6.05. The predicted octanol–water partition coefficient (Wildman–Crippen LogP) is 4.60. The lowest BCUT2D eigenvalue weighted by Gasteiger charge is -2.37. The lowest BCUT2D eigenvalue weighted by Crippen LogP contribution is -2.46. The second-order valence-electron chi connectivity index (χ2n) is 8.52. The van der Waals surface area contributed by atoms with E-state index in [4.69, 9.17) is 0 Å². The molecule has 1 aliphatic rings. The van der Waals surface area contributed by atoms with Crippen LogP contribution >= 0.6 is 0 Å². The molecule has 0 saturated heterocycles. The first-order valence-electron chi connectivity index (χ1n) is 9.75. The molecule has 0 radical (unpaired) electrons. The van der Waals surface area contributed by atoms with Crippen LogP contribution in [0.15, 0.2) is 60.9 Å². The summed E-state index contributed by atoms with van der Waals surface area (Å²) in [5, 5.41) is 4.43. The van der Waals surface area contributed by atoms with Gasteiger partial charge >= 0.3 is 0 Å². The Morgan fingerprint density at radius 2 is 1.71 bits per heavy atom. The van der Waals surface area contributed by atoms with Crippen molar-refractivity contribution in [3.05, 3.63) is 77.6 Å². The minimum absolute atomic E-state index is 0.0247. The van der Waals surface area contributed by atoms with Gasteiger partial charge < -0.3 is 0 Å².